The van der Waals surface area contributed by atoms with E-state index in [1.807, 2.05) is 0 Å². The van der Waals surface area contributed by atoms with Crippen LogP contribution in [0.2, 0.25) is 39.3 Å². The molecule has 6 aromatic rings. The van der Waals surface area contributed by atoms with E-state index >= 15 is 0 Å². The molecule has 1 heterocycles. The van der Waals surface area contributed by atoms with Crippen LogP contribution in [0, 0.1) is 0 Å². The second-order valence-corrected chi connectivity index (χ2v) is 51.2. The maximum absolute atomic E-state index is 9.19. The van der Waals surface area contributed by atoms with Gasteiger partial charge in [-0.15, -0.1) is 0 Å². The first-order valence-electron chi connectivity index (χ1n) is 20.2. The summed E-state index contributed by atoms with van der Waals surface area (Å²) in [5.74, 6) is 0. The van der Waals surface area contributed by atoms with E-state index in [2.05, 4.69) is 193 Å². The Kier molecular flexibility index (Phi) is 9.25. The van der Waals surface area contributed by atoms with Crippen LogP contribution in [0.15, 0.2) is 139 Å². The van der Waals surface area contributed by atoms with Gasteiger partial charge >= 0.3 is 350 Å². The number of rotatable bonds is 7. The van der Waals surface area contributed by atoms with Gasteiger partial charge in [-0.25, -0.2) is 0 Å². The molecule has 3 aliphatic rings. The Morgan fingerprint density at radius 3 is 1.43 bits per heavy atom. The number of hydrogen-bond acceptors (Lipinski definition) is 0. The summed E-state index contributed by atoms with van der Waals surface area (Å²) in [6.07, 6.45) is 4.97. The van der Waals surface area contributed by atoms with Crippen LogP contribution in [0.3, 0.4) is 0 Å². The van der Waals surface area contributed by atoms with Gasteiger partial charge in [0.25, 0.3) is 0 Å². The third-order valence-corrected chi connectivity index (χ3v) is 40.3. The van der Waals surface area contributed by atoms with Crippen molar-refractivity contribution in [3.63, 3.8) is 0 Å². The first kappa shape index (κ1) is 38.4. The van der Waals surface area contributed by atoms with E-state index < -0.39 is 42.1 Å². The molecule has 0 amide bonds. The summed E-state index contributed by atoms with van der Waals surface area (Å²) in [5, 5.41) is 5.94. The van der Waals surface area contributed by atoms with Crippen molar-refractivity contribution in [2.45, 2.75) is 60.4 Å². The molecule has 0 fully saturated rings. The molecule has 2 aliphatic carbocycles. The number of hydrogen-bond donors (Lipinski definition) is 0. The summed E-state index contributed by atoms with van der Waals surface area (Å²) in [6.45, 7) is 19.5. The molecule has 0 aromatic heterocycles. The van der Waals surface area contributed by atoms with Gasteiger partial charge in [-0.2, -0.15) is 0 Å². The number of benzene rings is 6. The van der Waals surface area contributed by atoms with Gasteiger partial charge in [0.05, 0.1) is 0 Å². The van der Waals surface area contributed by atoms with Crippen molar-refractivity contribution in [1.82, 2.24) is 0 Å². The second kappa shape index (κ2) is 13.5. The van der Waals surface area contributed by atoms with Gasteiger partial charge in [-0.05, 0) is 0 Å². The third-order valence-electron chi connectivity index (χ3n) is 13.0. The van der Waals surface area contributed by atoms with Gasteiger partial charge in [0, 0.05) is 0 Å². The normalized spacial score (nSPS) is 18.4. The van der Waals surface area contributed by atoms with Crippen molar-refractivity contribution in [2.24, 2.45) is 0 Å². The number of allylic oxidation sites excluding steroid dienone is 2. The van der Waals surface area contributed by atoms with Crippen LogP contribution >= 0.6 is 17.0 Å². The molecule has 56 heavy (non-hydrogen) atoms. The quantitative estimate of drug-likeness (QED) is 0.140. The Labute approximate surface area is 346 Å². The second-order valence-electron chi connectivity index (χ2n) is 18.7. The molecular weight excluding hydrogens is 847 g/mol. The van der Waals surface area contributed by atoms with Crippen molar-refractivity contribution >= 4 is 78.9 Å². The average molecular weight is 898 g/mol. The monoisotopic (exact) mass is 895 g/mol. The van der Waals surface area contributed by atoms with E-state index in [0.29, 0.717) is 0 Å². The van der Waals surface area contributed by atoms with E-state index in [1.54, 1.807) is 0 Å². The van der Waals surface area contributed by atoms with Gasteiger partial charge in [0.1, 0.15) is 0 Å². The van der Waals surface area contributed by atoms with Crippen LogP contribution < -0.4 is 24.0 Å². The first-order chi connectivity index (χ1) is 26.6. The van der Waals surface area contributed by atoms with Crippen molar-refractivity contribution < 1.29 is 16.4 Å². The predicted molar refractivity (Wildman–Crippen MR) is 254 cm³/mol. The van der Waals surface area contributed by atoms with Gasteiger partial charge in [-0.3, -0.25) is 0 Å². The molecule has 0 spiro atoms. The number of fused-ring (bicyclic) bond motifs is 5. The Bertz CT molecular complexity index is 2510. The molecule has 0 saturated carbocycles. The topological polar surface area (TPSA) is 0 Å². The third kappa shape index (κ3) is 5.80. The molecule has 281 valence electrons. The van der Waals surface area contributed by atoms with Crippen molar-refractivity contribution in [3.8, 4) is 33.4 Å². The Morgan fingerprint density at radius 2 is 0.946 bits per heavy atom. The minimum absolute atomic E-state index is 0.0896. The van der Waals surface area contributed by atoms with Crippen LogP contribution in [-0.4, -0.2) is 25.7 Å². The molecule has 6 aromatic carbocycles. The molecule has 0 bridgehead atoms. The summed E-state index contributed by atoms with van der Waals surface area (Å²) in [4.78, 5) is 0. The van der Waals surface area contributed by atoms with Gasteiger partial charge in [0.2, 0.25) is 0 Å². The van der Waals surface area contributed by atoms with Crippen LogP contribution in [0.5, 0.6) is 0 Å². The predicted octanol–water partition coefficient (Wildman–Crippen LogP) is 11.1. The average Bonchev–Trinajstić information content (AvgIpc) is 3.84. The zero-order chi connectivity index (χ0) is 39.4. The minimum atomic E-state index is -5.53. The zero-order valence-corrected chi connectivity index (χ0v) is 41.3. The fraction of sp³-hybridized carbons (Fsp3) is 0.200. The number of halogens is 2. The van der Waals surface area contributed by atoms with Crippen molar-refractivity contribution in [1.29, 1.82) is 0 Å². The summed E-state index contributed by atoms with van der Waals surface area (Å²) in [6, 6.07) is 47.9. The van der Waals surface area contributed by atoms with E-state index in [4.69, 9.17) is 0 Å². The van der Waals surface area contributed by atoms with E-state index in [0.717, 1.165) is 0 Å². The molecular formula is C50H51Cl2Si3Zr. The summed E-state index contributed by atoms with van der Waals surface area (Å²) in [7, 11) is 14.1. The van der Waals surface area contributed by atoms with Crippen LogP contribution in [0.1, 0.15) is 43.4 Å². The van der Waals surface area contributed by atoms with Crippen LogP contribution in [0.4, 0.5) is 0 Å². The standard InChI is InChI=1S/2C19H21Si.C12H9Si.2ClH.Zr/c2*1-14-12-16-10-11-18(20(2,3)4)19(17(16)13-14)15-8-6-5-7-9-15;1-3-7-11-9(5-1)10-6-2-4-8-12(10)13-11;;;/h2*5-13H,1-4H3;1-7H,13H2;2*1H;/q;;;;;+2/p-2. The molecule has 0 radical (unpaired) electrons. The van der Waals surface area contributed by atoms with Crippen LogP contribution in [-0.2, 0) is 16.4 Å². The maximum atomic E-state index is 9.19. The van der Waals surface area contributed by atoms with E-state index in [1.165, 1.54) is 90.8 Å². The molecule has 1 aliphatic heterocycles. The first-order valence-corrected chi connectivity index (χ1v) is 39.0. The van der Waals surface area contributed by atoms with Crippen molar-refractivity contribution in [3.05, 3.63) is 161 Å². The van der Waals surface area contributed by atoms with Crippen LogP contribution in [0.25, 0.3) is 45.5 Å². The van der Waals surface area contributed by atoms with Gasteiger partial charge in [-0.1, -0.05) is 0 Å². The molecule has 0 N–H and O–H groups in total. The molecule has 6 heteroatoms. The molecule has 2 unspecified atom stereocenters. The summed E-state index contributed by atoms with van der Waals surface area (Å²) >= 11 is -5.53. The Balaban J connectivity index is 1.37. The molecule has 0 nitrogen and oxygen atoms in total. The molecule has 2 atom stereocenters. The molecule has 9 rings (SSSR count). The fourth-order valence-electron chi connectivity index (χ4n) is 10.8. The fourth-order valence-corrected chi connectivity index (χ4v) is 42.8. The summed E-state index contributed by atoms with van der Waals surface area (Å²) in [5.41, 5.74) is 15.9. The Morgan fingerprint density at radius 1 is 0.500 bits per heavy atom. The molecule has 0 saturated heterocycles. The van der Waals surface area contributed by atoms with Gasteiger partial charge < -0.3 is 0 Å². The van der Waals surface area contributed by atoms with Gasteiger partial charge in [0.15, 0.2) is 0 Å². The van der Waals surface area contributed by atoms with E-state index in [-0.39, 0.29) is 7.25 Å². The van der Waals surface area contributed by atoms with Crippen molar-refractivity contribution in [2.75, 3.05) is 0 Å². The zero-order valence-electron chi connectivity index (χ0n) is 33.9. The van der Waals surface area contributed by atoms with E-state index in [9.17, 15) is 17.0 Å². The Hall–Kier alpha value is -3.09. The summed E-state index contributed by atoms with van der Waals surface area (Å²) < 4.78 is 1.11. The SMILES string of the molecule is CC1=Cc2c(ccc([Si](C)(C)C)c2-c2ccccc2)[CH]1[Zr]([Cl])([Cl])([c]1cccc2c1[SiH2]c1ccccc1-2)[CH]1C(C)=Cc2c1ccc([Si](C)(C)C)c2-c1ccccc1.